The van der Waals surface area contributed by atoms with Crippen LogP contribution < -0.4 is 10.7 Å². The molecule has 3 aromatic rings. The van der Waals surface area contributed by atoms with Crippen LogP contribution in [0.1, 0.15) is 11.9 Å². The largest absolute Gasteiger partial charge is 0.332 e. The van der Waals surface area contributed by atoms with Crippen molar-refractivity contribution in [1.82, 2.24) is 30.1 Å². The SMILES string of the molecule is CN1CCNCC1c1noc(-c2nn(C)c3ccccc3c2=O)n1.Cl. The molecule has 1 atom stereocenters. The summed E-state index contributed by atoms with van der Waals surface area (Å²) >= 11 is 0. The number of hydrogen-bond donors (Lipinski definition) is 1. The highest BCUT2D eigenvalue weighted by Gasteiger charge is 2.26. The Morgan fingerprint density at radius 3 is 2.88 bits per heavy atom. The minimum absolute atomic E-state index is 0. The number of benzene rings is 1. The smallest absolute Gasteiger partial charge is 0.282 e. The highest BCUT2D eigenvalue weighted by molar-refractivity contribution is 5.85. The van der Waals surface area contributed by atoms with Gasteiger partial charge in [-0.1, -0.05) is 17.3 Å². The van der Waals surface area contributed by atoms with Crippen molar-refractivity contribution in [1.29, 1.82) is 0 Å². The number of aryl methyl sites for hydroxylation is 1. The summed E-state index contributed by atoms with van der Waals surface area (Å²) in [6, 6.07) is 7.37. The Morgan fingerprint density at radius 2 is 2.08 bits per heavy atom. The van der Waals surface area contributed by atoms with Crippen molar-refractivity contribution in [3.63, 3.8) is 0 Å². The van der Waals surface area contributed by atoms with Crippen LogP contribution in [0.5, 0.6) is 0 Å². The van der Waals surface area contributed by atoms with Gasteiger partial charge in [0, 0.05) is 32.1 Å². The van der Waals surface area contributed by atoms with Gasteiger partial charge in [-0.05, 0) is 19.2 Å². The van der Waals surface area contributed by atoms with Crippen LogP contribution in [-0.2, 0) is 7.05 Å². The monoisotopic (exact) mass is 362 g/mol. The number of halogens is 1. The van der Waals surface area contributed by atoms with E-state index in [1.165, 1.54) is 0 Å². The molecular formula is C16H19ClN6O2. The maximum Gasteiger partial charge on any atom is 0.282 e. The van der Waals surface area contributed by atoms with Crippen molar-refractivity contribution in [2.24, 2.45) is 7.05 Å². The lowest BCUT2D eigenvalue weighted by atomic mass is 10.2. The summed E-state index contributed by atoms with van der Waals surface area (Å²) in [6.45, 7) is 2.59. The van der Waals surface area contributed by atoms with Crippen LogP contribution in [0.25, 0.3) is 22.5 Å². The van der Waals surface area contributed by atoms with E-state index in [1.54, 1.807) is 17.8 Å². The van der Waals surface area contributed by atoms with Crippen molar-refractivity contribution in [2.75, 3.05) is 26.7 Å². The summed E-state index contributed by atoms with van der Waals surface area (Å²) in [5.41, 5.74) is 0.748. The molecule has 1 unspecified atom stereocenters. The third-order valence-electron chi connectivity index (χ3n) is 4.42. The Labute approximate surface area is 150 Å². The summed E-state index contributed by atoms with van der Waals surface area (Å²) in [5.74, 6) is 0.729. The number of hydrogen-bond acceptors (Lipinski definition) is 7. The quantitative estimate of drug-likeness (QED) is 0.726. The first kappa shape index (κ1) is 17.5. The Hall–Kier alpha value is -2.29. The van der Waals surface area contributed by atoms with E-state index < -0.39 is 0 Å². The second-order valence-electron chi connectivity index (χ2n) is 5.98. The molecule has 132 valence electrons. The number of likely N-dealkylation sites (N-methyl/N-ethyl adjacent to an activating group) is 1. The lowest BCUT2D eigenvalue weighted by Crippen LogP contribution is -2.44. The number of aromatic nitrogens is 4. The highest BCUT2D eigenvalue weighted by atomic mass is 35.5. The number of rotatable bonds is 2. The van der Waals surface area contributed by atoms with E-state index in [2.05, 4.69) is 25.5 Å². The molecule has 1 N–H and O–H groups in total. The zero-order valence-corrected chi connectivity index (χ0v) is 14.8. The second-order valence-corrected chi connectivity index (χ2v) is 5.98. The lowest BCUT2D eigenvalue weighted by molar-refractivity contribution is 0.190. The normalized spacial score (nSPS) is 18.2. The first-order chi connectivity index (χ1) is 11.6. The van der Waals surface area contributed by atoms with E-state index in [0.29, 0.717) is 11.2 Å². The molecule has 1 aromatic carbocycles. The number of fused-ring (bicyclic) bond motifs is 1. The van der Waals surface area contributed by atoms with Crippen LogP contribution in [0.4, 0.5) is 0 Å². The third-order valence-corrected chi connectivity index (χ3v) is 4.42. The Balaban J connectivity index is 0.00000182. The molecule has 0 radical (unpaired) electrons. The molecule has 0 bridgehead atoms. The van der Waals surface area contributed by atoms with Crippen LogP contribution in [-0.4, -0.2) is 51.5 Å². The summed E-state index contributed by atoms with van der Waals surface area (Å²) < 4.78 is 7.00. The number of piperazine rings is 1. The average Bonchev–Trinajstić information content (AvgIpc) is 3.08. The summed E-state index contributed by atoms with van der Waals surface area (Å²) in [5, 5.41) is 12.3. The van der Waals surface area contributed by atoms with E-state index in [0.717, 1.165) is 25.2 Å². The standard InChI is InChI=1S/C16H18N6O2.ClH/c1-21-8-7-17-9-12(21)15-18-16(24-20-15)13-14(23)10-5-3-4-6-11(10)22(2)19-13;/h3-6,12,17H,7-9H2,1-2H3;1H. The molecule has 25 heavy (non-hydrogen) atoms. The summed E-state index contributed by atoms with van der Waals surface area (Å²) in [6.07, 6.45) is 0. The minimum Gasteiger partial charge on any atom is -0.332 e. The zero-order chi connectivity index (χ0) is 16.7. The van der Waals surface area contributed by atoms with Crippen molar-refractivity contribution in [3.05, 3.63) is 40.3 Å². The van der Waals surface area contributed by atoms with E-state index in [4.69, 9.17) is 4.52 Å². The van der Waals surface area contributed by atoms with Gasteiger partial charge in [0.1, 0.15) is 0 Å². The topological polar surface area (TPSA) is 89.1 Å². The molecule has 1 fully saturated rings. The third kappa shape index (κ3) is 3.04. The molecule has 0 saturated carbocycles. The minimum atomic E-state index is -0.200. The zero-order valence-electron chi connectivity index (χ0n) is 14.0. The predicted molar refractivity (Wildman–Crippen MR) is 95.8 cm³/mol. The van der Waals surface area contributed by atoms with Gasteiger partial charge in [-0.15, -0.1) is 12.4 Å². The molecule has 1 saturated heterocycles. The second kappa shape index (κ2) is 6.91. The number of para-hydroxylation sites is 1. The Morgan fingerprint density at radius 1 is 1.28 bits per heavy atom. The maximum atomic E-state index is 12.7. The molecular weight excluding hydrogens is 344 g/mol. The molecule has 0 spiro atoms. The molecule has 1 aliphatic heterocycles. The lowest BCUT2D eigenvalue weighted by Gasteiger charge is -2.30. The van der Waals surface area contributed by atoms with E-state index >= 15 is 0 Å². The van der Waals surface area contributed by atoms with Gasteiger partial charge in [0.25, 0.3) is 5.89 Å². The van der Waals surface area contributed by atoms with Gasteiger partial charge in [-0.25, -0.2) is 0 Å². The van der Waals surface area contributed by atoms with Gasteiger partial charge in [-0.2, -0.15) is 10.1 Å². The van der Waals surface area contributed by atoms with Gasteiger partial charge in [-0.3, -0.25) is 14.4 Å². The summed E-state index contributed by atoms with van der Waals surface area (Å²) in [7, 11) is 3.82. The molecule has 2 aromatic heterocycles. The van der Waals surface area contributed by atoms with E-state index in [9.17, 15) is 4.79 Å². The fraction of sp³-hybridized carbons (Fsp3) is 0.375. The fourth-order valence-corrected chi connectivity index (χ4v) is 3.03. The Kier molecular flexibility index (Phi) is 4.85. The predicted octanol–water partition coefficient (Wildman–Crippen LogP) is 0.981. The first-order valence-corrected chi connectivity index (χ1v) is 7.86. The Bertz CT molecular complexity index is 953. The average molecular weight is 363 g/mol. The fourth-order valence-electron chi connectivity index (χ4n) is 3.03. The van der Waals surface area contributed by atoms with Crippen molar-refractivity contribution in [3.8, 4) is 11.6 Å². The molecule has 0 aliphatic carbocycles. The molecule has 1 aliphatic rings. The van der Waals surface area contributed by atoms with Gasteiger partial charge >= 0.3 is 0 Å². The summed E-state index contributed by atoms with van der Waals surface area (Å²) in [4.78, 5) is 19.3. The number of nitrogens with one attached hydrogen (secondary N) is 1. The van der Waals surface area contributed by atoms with Gasteiger partial charge in [0.05, 0.1) is 11.6 Å². The van der Waals surface area contributed by atoms with E-state index in [-0.39, 0.29) is 35.5 Å². The van der Waals surface area contributed by atoms with Gasteiger partial charge in [0.15, 0.2) is 11.5 Å². The van der Waals surface area contributed by atoms with Crippen molar-refractivity contribution in [2.45, 2.75) is 6.04 Å². The molecule has 4 rings (SSSR count). The number of nitrogens with zero attached hydrogens (tertiary/aromatic N) is 5. The van der Waals surface area contributed by atoms with Crippen LogP contribution in [0.3, 0.4) is 0 Å². The first-order valence-electron chi connectivity index (χ1n) is 7.86. The van der Waals surface area contributed by atoms with Crippen LogP contribution in [0.15, 0.2) is 33.6 Å². The molecule has 9 heteroatoms. The van der Waals surface area contributed by atoms with Crippen molar-refractivity contribution >= 4 is 23.3 Å². The van der Waals surface area contributed by atoms with Crippen LogP contribution >= 0.6 is 12.4 Å². The van der Waals surface area contributed by atoms with E-state index in [1.807, 2.05) is 25.2 Å². The maximum absolute atomic E-state index is 12.7. The van der Waals surface area contributed by atoms with Crippen LogP contribution in [0, 0.1) is 0 Å². The van der Waals surface area contributed by atoms with Crippen molar-refractivity contribution < 1.29 is 4.52 Å². The molecule has 3 heterocycles. The van der Waals surface area contributed by atoms with Gasteiger partial charge < -0.3 is 9.84 Å². The van der Waals surface area contributed by atoms with Gasteiger partial charge in [0.2, 0.25) is 5.43 Å². The molecule has 0 amide bonds. The highest BCUT2D eigenvalue weighted by Crippen LogP contribution is 2.21. The van der Waals surface area contributed by atoms with Crippen LogP contribution in [0.2, 0.25) is 0 Å². The molecule has 8 nitrogen and oxygen atoms in total.